The second-order valence-corrected chi connectivity index (χ2v) is 6.01. The van der Waals surface area contributed by atoms with Crippen LogP contribution in [-0.4, -0.2) is 36.4 Å². The summed E-state index contributed by atoms with van der Waals surface area (Å²) in [6.07, 6.45) is 3.64. The van der Waals surface area contributed by atoms with Gasteiger partial charge in [0.1, 0.15) is 6.04 Å². The molecule has 0 saturated heterocycles. The second-order valence-electron chi connectivity index (χ2n) is 6.01. The summed E-state index contributed by atoms with van der Waals surface area (Å²) in [5, 5.41) is 13.4. The van der Waals surface area contributed by atoms with Crippen LogP contribution in [-0.2, 0) is 9.53 Å². The minimum atomic E-state index is -0.669. The average Bonchev–Trinajstić information content (AvgIpc) is 2.30. The van der Waals surface area contributed by atoms with Crippen LogP contribution in [0.25, 0.3) is 0 Å². The zero-order valence-corrected chi connectivity index (χ0v) is 11.4. The van der Waals surface area contributed by atoms with E-state index in [0.29, 0.717) is 12.0 Å². The first-order valence-electron chi connectivity index (χ1n) is 6.32. The van der Waals surface area contributed by atoms with Crippen LogP contribution in [0.4, 0.5) is 0 Å². The van der Waals surface area contributed by atoms with Crippen molar-refractivity contribution in [2.24, 2.45) is 5.41 Å². The van der Waals surface area contributed by atoms with Gasteiger partial charge in [0.25, 0.3) is 0 Å². The summed E-state index contributed by atoms with van der Waals surface area (Å²) in [5.74, 6) is -0.287. The maximum atomic E-state index is 11.2. The van der Waals surface area contributed by atoms with E-state index >= 15 is 0 Å². The number of esters is 1. The number of nitrogens with one attached hydrogen (secondary N) is 1. The molecule has 0 aromatic heterocycles. The molecule has 0 aliphatic heterocycles. The molecule has 17 heavy (non-hydrogen) atoms. The summed E-state index contributed by atoms with van der Waals surface area (Å²) < 4.78 is 4.63. The number of ether oxygens (including phenoxy) is 1. The van der Waals surface area contributed by atoms with Crippen molar-refractivity contribution in [1.29, 1.82) is 0 Å². The SMILES string of the molecule is COC(=O)C(C)NCC1(O)CCC(C)(C)CC1. The van der Waals surface area contributed by atoms with Gasteiger partial charge in [0.05, 0.1) is 12.7 Å². The van der Waals surface area contributed by atoms with E-state index in [1.807, 2.05) is 0 Å². The Hall–Kier alpha value is -0.610. The van der Waals surface area contributed by atoms with Gasteiger partial charge >= 0.3 is 5.97 Å². The van der Waals surface area contributed by atoms with Crippen LogP contribution < -0.4 is 5.32 Å². The van der Waals surface area contributed by atoms with Gasteiger partial charge in [0.2, 0.25) is 0 Å². The molecule has 2 N–H and O–H groups in total. The Bertz CT molecular complexity index is 266. The molecule has 4 heteroatoms. The Morgan fingerprint density at radius 3 is 2.35 bits per heavy atom. The molecule has 0 spiro atoms. The fraction of sp³-hybridized carbons (Fsp3) is 0.923. The third-order valence-corrected chi connectivity index (χ3v) is 3.83. The maximum absolute atomic E-state index is 11.2. The molecule has 0 amide bonds. The Morgan fingerprint density at radius 2 is 1.88 bits per heavy atom. The van der Waals surface area contributed by atoms with Crippen LogP contribution in [0, 0.1) is 5.41 Å². The van der Waals surface area contributed by atoms with Crippen LogP contribution in [0.2, 0.25) is 0 Å². The van der Waals surface area contributed by atoms with Gasteiger partial charge in [-0.05, 0) is 38.0 Å². The van der Waals surface area contributed by atoms with Gasteiger partial charge in [-0.3, -0.25) is 4.79 Å². The lowest BCUT2D eigenvalue weighted by molar-refractivity contribution is -0.143. The number of carbonyl (C=O) groups is 1. The van der Waals surface area contributed by atoms with Gasteiger partial charge in [-0.2, -0.15) is 0 Å². The summed E-state index contributed by atoms with van der Waals surface area (Å²) in [7, 11) is 1.37. The molecule has 1 fully saturated rings. The van der Waals surface area contributed by atoms with E-state index in [9.17, 15) is 9.90 Å². The fourth-order valence-corrected chi connectivity index (χ4v) is 2.17. The first-order chi connectivity index (χ1) is 7.78. The van der Waals surface area contributed by atoms with E-state index < -0.39 is 5.60 Å². The molecule has 1 atom stereocenters. The van der Waals surface area contributed by atoms with E-state index in [1.54, 1.807) is 6.92 Å². The molecule has 0 radical (unpaired) electrons. The molecule has 0 aromatic carbocycles. The molecular weight excluding hydrogens is 218 g/mol. The zero-order chi connectivity index (χ0) is 13.1. The van der Waals surface area contributed by atoms with Crippen molar-refractivity contribution in [2.75, 3.05) is 13.7 Å². The van der Waals surface area contributed by atoms with Gasteiger partial charge < -0.3 is 15.2 Å². The minimum Gasteiger partial charge on any atom is -0.468 e. The van der Waals surface area contributed by atoms with E-state index in [-0.39, 0.29) is 12.0 Å². The van der Waals surface area contributed by atoms with Crippen molar-refractivity contribution in [3.63, 3.8) is 0 Å². The van der Waals surface area contributed by atoms with Gasteiger partial charge in [-0.15, -0.1) is 0 Å². The van der Waals surface area contributed by atoms with Crippen molar-refractivity contribution in [3.05, 3.63) is 0 Å². The normalized spacial score (nSPS) is 24.1. The second kappa shape index (κ2) is 5.36. The van der Waals surface area contributed by atoms with Crippen LogP contribution in [0.15, 0.2) is 0 Å². The van der Waals surface area contributed by atoms with Crippen molar-refractivity contribution in [3.8, 4) is 0 Å². The Morgan fingerprint density at radius 1 is 1.35 bits per heavy atom. The topological polar surface area (TPSA) is 58.6 Å². The lowest BCUT2D eigenvalue weighted by Gasteiger charge is -2.40. The van der Waals surface area contributed by atoms with Crippen molar-refractivity contribution < 1.29 is 14.6 Å². The minimum absolute atomic E-state index is 0.287. The van der Waals surface area contributed by atoms with E-state index in [2.05, 4.69) is 23.9 Å². The number of hydrogen-bond acceptors (Lipinski definition) is 4. The third-order valence-electron chi connectivity index (χ3n) is 3.83. The molecule has 0 bridgehead atoms. The molecule has 1 saturated carbocycles. The predicted octanol–water partition coefficient (Wildman–Crippen LogP) is 1.47. The highest BCUT2D eigenvalue weighted by Gasteiger charge is 2.36. The van der Waals surface area contributed by atoms with Gasteiger partial charge in [-0.25, -0.2) is 0 Å². The van der Waals surface area contributed by atoms with E-state index in [1.165, 1.54) is 7.11 Å². The van der Waals surface area contributed by atoms with Crippen LogP contribution >= 0.6 is 0 Å². The number of hydrogen-bond donors (Lipinski definition) is 2. The maximum Gasteiger partial charge on any atom is 0.322 e. The van der Waals surface area contributed by atoms with Gasteiger partial charge in [0.15, 0.2) is 0 Å². The number of rotatable bonds is 4. The molecular formula is C13H25NO3. The third kappa shape index (κ3) is 4.28. The van der Waals surface area contributed by atoms with Gasteiger partial charge in [-0.1, -0.05) is 13.8 Å². The Balaban J connectivity index is 2.39. The summed E-state index contributed by atoms with van der Waals surface area (Å²) in [5.41, 5.74) is -0.335. The van der Waals surface area contributed by atoms with Gasteiger partial charge in [0, 0.05) is 6.54 Å². The summed E-state index contributed by atoms with van der Waals surface area (Å²) >= 11 is 0. The van der Waals surface area contributed by atoms with Crippen LogP contribution in [0.3, 0.4) is 0 Å². The summed E-state index contributed by atoms with van der Waals surface area (Å²) in [6.45, 7) is 6.68. The zero-order valence-electron chi connectivity index (χ0n) is 11.4. The predicted molar refractivity (Wildman–Crippen MR) is 66.7 cm³/mol. The molecule has 1 aliphatic rings. The number of carbonyl (C=O) groups excluding carboxylic acids is 1. The number of methoxy groups -OCH3 is 1. The highest BCUT2D eigenvalue weighted by molar-refractivity contribution is 5.75. The molecule has 1 unspecified atom stereocenters. The van der Waals surface area contributed by atoms with E-state index in [0.717, 1.165) is 25.7 Å². The molecule has 1 rings (SSSR count). The average molecular weight is 243 g/mol. The smallest absolute Gasteiger partial charge is 0.322 e. The molecule has 0 heterocycles. The van der Waals surface area contributed by atoms with Crippen molar-refractivity contribution in [1.82, 2.24) is 5.32 Å². The standard InChI is InChI=1S/C13H25NO3/c1-10(11(15)17-4)14-9-13(16)7-5-12(2,3)6-8-13/h10,14,16H,5-9H2,1-4H3. The summed E-state index contributed by atoms with van der Waals surface area (Å²) in [6, 6.07) is -0.362. The molecule has 0 aromatic rings. The monoisotopic (exact) mass is 243 g/mol. The lowest BCUT2D eigenvalue weighted by Crippen LogP contribution is -2.49. The van der Waals surface area contributed by atoms with E-state index in [4.69, 9.17) is 0 Å². The van der Waals surface area contributed by atoms with Crippen LogP contribution in [0.5, 0.6) is 0 Å². The fourth-order valence-electron chi connectivity index (χ4n) is 2.17. The first kappa shape index (κ1) is 14.5. The van der Waals surface area contributed by atoms with Crippen LogP contribution in [0.1, 0.15) is 46.5 Å². The molecule has 1 aliphatic carbocycles. The molecule has 4 nitrogen and oxygen atoms in total. The highest BCUT2D eigenvalue weighted by Crippen LogP contribution is 2.39. The van der Waals surface area contributed by atoms with Crippen molar-refractivity contribution in [2.45, 2.75) is 58.1 Å². The largest absolute Gasteiger partial charge is 0.468 e. The Labute approximate surface area is 104 Å². The highest BCUT2D eigenvalue weighted by atomic mass is 16.5. The molecule has 100 valence electrons. The lowest BCUT2D eigenvalue weighted by atomic mass is 9.71. The number of aliphatic hydroxyl groups is 1. The first-order valence-corrected chi connectivity index (χ1v) is 6.32. The Kier molecular flexibility index (Phi) is 4.55. The quantitative estimate of drug-likeness (QED) is 0.734. The van der Waals surface area contributed by atoms with Crippen molar-refractivity contribution >= 4 is 5.97 Å². The summed E-state index contributed by atoms with van der Waals surface area (Å²) in [4.78, 5) is 11.2.